The zero-order valence-electron chi connectivity index (χ0n) is 19.1. The minimum atomic E-state index is -3.73. The molecule has 34 heavy (non-hydrogen) atoms. The number of aromatic nitrogens is 2. The van der Waals surface area contributed by atoms with Crippen molar-refractivity contribution in [2.24, 2.45) is 7.05 Å². The summed E-state index contributed by atoms with van der Waals surface area (Å²) in [6, 6.07) is 9.48. The predicted molar refractivity (Wildman–Crippen MR) is 132 cm³/mol. The smallest absolute Gasteiger partial charge is 0.244 e. The Bertz CT molecular complexity index is 1320. The van der Waals surface area contributed by atoms with E-state index in [0.29, 0.717) is 16.5 Å². The van der Waals surface area contributed by atoms with Crippen molar-refractivity contribution in [2.45, 2.75) is 31.2 Å². The Kier molecular flexibility index (Phi) is 6.97. The van der Waals surface area contributed by atoms with E-state index >= 15 is 0 Å². The zero-order valence-corrected chi connectivity index (χ0v) is 20.7. The molecule has 1 N–H and O–H groups in total. The summed E-state index contributed by atoms with van der Waals surface area (Å²) in [5, 5.41) is 4.49. The van der Waals surface area contributed by atoms with Crippen molar-refractivity contribution in [3.05, 3.63) is 70.8 Å². The molecule has 1 aromatic heterocycles. The molecule has 0 radical (unpaired) electrons. The normalized spacial score (nSPS) is 14.6. The van der Waals surface area contributed by atoms with Crippen molar-refractivity contribution in [3.8, 4) is 5.75 Å². The van der Waals surface area contributed by atoms with Gasteiger partial charge in [0.25, 0.3) is 0 Å². The van der Waals surface area contributed by atoms with Gasteiger partial charge in [-0.15, -0.1) is 0 Å². The summed E-state index contributed by atoms with van der Waals surface area (Å²) < 4.78 is 48.8. The first-order valence-corrected chi connectivity index (χ1v) is 12.7. The Morgan fingerprint density at radius 2 is 2.00 bits per heavy atom. The van der Waals surface area contributed by atoms with Crippen LogP contribution in [0.1, 0.15) is 24.6 Å². The Balaban J connectivity index is 1.50. The Morgan fingerprint density at radius 3 is 2.68 bits per heavy atom. The molecule has 3 aromatic rings. The Labute approximate surface area is 203 Å². The molecule has 0 aliphatic carbocycles. The fourth-order valence-electron chi connectivity index (χ4n) is 3.88. The molecule has 1 aliphatic rings. The lowest BCUT2D eigenvalue weighted by atomic mass is 10.1. The summed E-state index contributed by atoms with van der Waals surface area (Å²) in [5.41, 5.74) is 3.08. The van der Waals surface area contributed by atoms with Crippen LogP contribution in [0.3, 0.4) is 0 Å². The number of nitrogens with zero attached hydrogens (tertiary/aromatic N) is 3. The van der Waals surface area contributed by atoms with Crippen LogP contribution < -0.4 is 14.4 Å². The molecular weight excluding hydrogens is 479 g/mol. The van der Waals surface area contributed by atoms with Crippen molar-refractivity contribution >= 4 is 39.1 Å². The third-order valence-electron chi connectivity index (χ3n) is 5.43. The van der Waals surface area contributed by atoms with Gasteiger partial charge in [-0.2, -0.15) is 5.10 Å². The van der Waals surface area contributed by atoms with Crippen LogP contribution in [0, 0.1) is 12.7 Å². The molecule has 10 heteroatoms. The van der Waals surface area contributed by atoms with Gasteiger partial charge >= 0.3 is 0 Å². The fourth-order valence-corrected chi connectivity index (χ4v) is 5.54. The van der Waals surface area contributed by atoms with Crippen molar-refractivity contribution < 1.29 is 17.5 Å². The number of fused-ring (bicyclic) bond motifs is 1. The number of hydrogen-bond donors (Lipinski definition) is 1. The summed E-state index contributed by atoms with van der Waals surface area (Å²) in [4.78, 5) is 2.22. The third-order valence-corrected chi connectivity index (χ3v) is 7.42. The highest BCUT2D eigenvalue weighted by Crippen LogP contribution is 2.38. The lowest BCUT2D eigenvalue weighted by Gasteiger charge is -2.26. The van der Waals surface area contributed by atoms with Gasteiger partial charge in [-0.25, -0.2) is 17.5 Å². The molecule has 180 valence electrons. The summed E-state index contributed by atoms with van der Waals surface area (Å²) in [7, 11) is -2.06. The summed E-state index contributed by atoms with van der Waals surface area (Å²) in [6.07, 6.45) is 6.34. The molecular formula is C24H26ClFN4O3S. The molecule has 0 spiro atoms. The second-order valence-electron chi connectivity index (χ2n) is 8.25. The second-order valence-corrected chi connectivity index (χ2v) is 10.3. The maximum Gasteiger partial charge on any atom is 0.244 e. The van der Waals surface area contributed by atoms with Gasteiger partial charge < -0.3 is 9.64 Å². The molecule has 0 saturated heterocycles. The molecule has 0 amide bonds. The average Bonchev–Trinajstić information content (AvgIpc) is 3.00. The van der Waals surface area contributed by atoms with E-state index in [0.717, 1.165) is 29.9 Å². The lowest BCUT2D eigenvalue weighted by molar-refractivity contribution is 0.287. The van der Waals surface area contributed by atoms with Gasteiger partial charge in [-0.05, 0) is 56.7 Å². The number of hydrogen-bond acceptors (Lipinski definition) is 5. The van der Waals surface area contributed by atoms with Gasteiger partial charge in [0.2, 0.25) is 10.0 Å². The molecule has 0 bridgehead atoms. The van der Waals surface area contributed by atoms with E-state index in [-0.39, 0.29) is 17.3 Å². The van der Waals surface area contributed by atoms with E-state index < -0.39 is 16.1 Å². The number of benzene rings is 2. The first-order chi connectivity index (χ1) is 16.1. The zero-order chi connectivity index (χ0) is 24.5. The van der Waals surface area contributed by atoms with Crippen LogP contribution in [0.15, 0.2) is 53.6 Å². The Hall–Kier alpha value is -2.88. The second kappa shape index (κ2) is 9.77. The topological polar surface area (TPSA) is 76.5 Å². The molecule has 1 atom stereocenters. The monoisotopic (exact) mass is 504 g/mol. The predicted octanol–water partition coefficient (Wildman–Crippen LogP) is 4.82. The molecule has 0 fully saturated rings. The highest BCUT2D eigenvalue weighted by atomic mass is 35.5. The highest BCUT2D eigenvalue weighted by Gasteiger charge is 2.23. The van der Waals surface area contributed by atoms with Gasteiger partial charge in [0.1, 0.15) is 23.1 Å². The van der Waals surface area contributed by atoms with Gasteiger partial charge in [0.05, 0.1) is 22.4 Å². The summed E-state index contributed by atoms with van der Waals surface area (Å²) in [5.74, 6) is 0.164. The molecule has 7 nitrogen and oxygen atoms in total. The minimum Gasteiger partial charge on any atom is -0.490 e. The standard InChI is InChI=1S/C24H26ClFN4O3S/c1-16(28-34(31,32)24-14-29(3)27-17(24)2)15-33-23-12-18-6-4-5-11-30(22(18)13-21(23)25)20-9-7-19(26)8-10-20/h4,6-10,12-14,16,28H,5,11,15H2,1-3H3/t16-/m0/s1. The number of ether oxygens (including phenoxy) is 1. The van der Waals surface area contributed by atoms with Crippen LogP contribution >= 0.6 is 11.6 Å². The van der Waals surface area contributed by atoms with Crippen molar-refractivity contribution in [2.75, 3.05) is 18.1 Å². The largest absolute Gasteiger partial charge is 0.490 e. The van der Waals surface area contributed by atoms with Crippen LogP contribution in [0.25, 0.3) is 6.08 Å². The van der Waals surface area contributed by atoms with Crippen LogP contribution in [0.2, 0.25) is 5.02 Å². The maximum absolute atomic E-state index is 13.4. The third kappa shape index (κ3) is 5.27. The van der Waals surface area contributed by atoms with E-state index in [1.165, 1.54) is 23.0 Å². The van der Waals surface area contributed by atoms with Crippen LogP contribution in [-0.4, -0.2) is 37.4 Å². The van der Waals surface area contributed by atoms with E-state index in [1.54, 1.807) is 33.0 Å². The number of anilines is 2. The van der Waals surface area contributed by atoms with Gasteiger partial charge in [-0.3, -0.25) is 4.68 Å². The number of aryl methyl sites for hydroxylation is 2. The first kappa shape index (κ1) is 24.3. The molecule has 4 rings (SSSR count). The fraction of sp³-hybridized carbons (Fsp3) is 0.292. The molecule has 2 aromatic carbocycles. The summed E-state index contributed by atoms with van der Waals surface area (Å²) in [6.45, 7) is 4.17. The number of rotatable bonds is 7. The SMILES string of the molecule is Cc1nn(C)cc1S(=O)(=O)N[C@@H](C)COc1cc2c(cc1Cl)N(c1ccc(F)cc1)CCC=C2. The van der Waals surface area contributed by atoms with Crippen LogP contribution in [0.4, 0.5) is 15.8 Å². The van der Waals surface area contributed by atoms with E-state index in [1.807, 2.05) is 18.2 Å². The molecule has 2 heterocycles. The maximum atomic E-state index is 13.4. The van der Waals surface area contributed by atoms with Crippen molar-refractivity contribution in [1.29, 1.82) is 0 Å². The average molecular weight is 505 g/mol. The number of nitrogens with one attached hydrogen (secondary N) is 1. The van der Waals surface area contributed by atoms with Gasteiger partial charge in [0.15, 0.2) is 0 Å². The van der Waals surface area contributed by atoms with Gasteiger partial charge in [0, 0.05) is 31.0 Å². The number of sulfonamides is 1. The van der Waals surface area contributed by atoms with Gasteiger partial charge in [-0.1, -0.05) is 23.8 Å². The van der Waals surface area contributed by atoms with Crippen molar-refractivity contribution in [3.63, 3.8) is 0 Å². The Morgan fingerprint density at radius 1 is 1.26 bits per heavy atom. The summed E-state index contributed by atoms with van der Waals surface area (Å²) >= 11 is 6.54. The first-order valence-electron chi connectivity index (χ1n) is 10.8. The number of halogens is 2. The minimum absolute atomic E-state index is 0.0858. The molecule has 1 aliphatic heterocycles. The highest BCUT2D eigenvalue weighted by molar-refractivity contribution is 7.89. The molecule has 0 unspecified atom stereocenters. The van der Waals surface area contributed by atoms with E-state index in [4.69, 9.17) is 16.3 Å². The van der Waals surface area contributed by atoms with E-state index in [2.05, 4.69) is 20.8 Å². The van der Waals surface area contributed by atoms with Crippen LogP contribution in [0.5, 0.6) is 5.75 Å². The van der Waals surface area contributed by atoms with E-state index in [9.17, 15) is 12.8 Å². The van der Waals surface area contributed by atoms with Crippen molar-refractivity contribution in [1.82, 2.24) is 14.5 Å². The lowest BCUT2D eigenvalue weighted by Crippen LogP contribution is -2.37. The molecule has 0 saturated carbocycles. The quantitative estimate of drug-likeness (QED) is 0.499. The van der Waals surface area contributed by atoms with Crippen LogP contribution in [-0.2, 0) is 17.1 Å².